The van der Waals surface area contributed by atoms with E-state index >= 15 is 0 Å². The third kappa shape index (κ3) is 2.90. The molecule has 0 aliphatic carbocycles. The van der Waals surface area contributed by atoms with Gasteiger partial charge < -0.3 is 13.4 Å². The van der Waals surface area contributed by atoms with Gasteiger partial charge in [0.1, 0.15) is 5.58 Å². The van der Waals surface area contributed by atoms with E-state index in [9.17, 15) is 0 Å². The minimum atomic E-state index is 0.910. The standard InChI is InChI=1S/C42H24N2O/c1-2-11-25(12-3-1)26-23-31-27-13-4-7-17-33(27)44-36-22-21-35-39(40(36)32(24-26)41(31)44)30-15-5-8-18-34(30)43(35)37-19-10-16-29-28-14-6-9-20-38(28)45-42(29)37/h1-24H. The van der Waals surface area contributed by atoms with Crippen LogP contribution in [0.4, 0.5) is 0 Å². The van der Waals surface area contributed by atoms with Crippen LogP contribution >= 0.6 is 0 Å². The van der Waals surface area contributed by atoms with Crippen LogP contribution in [0.5, 0.6) is 0 Å². The predicted octanol–water partition coefficient (Wildman–Crippen LogP) is 11.5. The number of aromatic nitrogens is 2. The maximum Gasteiger partial charge on any atom is 0.159 e. The third-order valence-electron chi connectivity index (χ3n) is 9.83. The zero-order valence-electron chi connectivity index (χ0n) is 24.2. The van der Waals surface area contributed by atoms with Crippen molar-refractivity contribution in [1.82, 2.24) is 8.97 Å². The van der Waals surface area contributed by atoms with Gasteiger partial charge in [-0.2, -0.15) is 0 Å². The first kappa shape index (κ1) is 23.4. The molecule has 3 heteroatoms. The minimum Gasteiger partial charge on any atom is -0.454 e. The number of hydrogen-bond donors (Lipinski definition) is 0. The van der Waals surface area contributed by atoms with E-state index in [1.807, 2.05) is 6.07 Å². The Morgan fingerprint density at radius 2 is 1.07 bits per heavy atom. The molecule has 0 bridgehead atoms. The number of nitrogens with zero attached hydrogens (tertiary/aromatic N) is 2. The Balaban J connectivity index is 1.36. The van der Waals surface area contributed by atoms with Gasteiger partial charge in [-0.05, 0) is 59.7 Å². The van der Waals surface area contributed by atoms with Crippen LogP contribution in [0.1, 0.15) is 0 Å². The first-order chi connectivity index (χ1) is 22.3. The molecule has 0 radical (unpaired) electrons. The molecule has 0 N–H and O–H groups in total. The van der Waals surface area contributed by atoms with Crippen LogP contribution in [-0.4, -0.2) is 8.97 Å². The molecule has 208 valence electrons. The number of furan rings is 1. The fourth-order valence-corrected chi connectivity index (χ4v) is 8.01. The van der Waals surface area contributed by atoms with Crippen molar-refractivity contribution in [3.05, 3.63) is 146 Å². The van der Waals surface area contributed by atoms with Gasteiger partial charge >= 0.3 is 0 Å². The molecule has 7 aromatic carbocycles. The van der Waals surface area contributed by atoms with Crippen LogP contribution in [0.3, 0.4) is 0 Å². The summed E-state index contributed by atoms with van der Waals surface area (Å²) in [4.78, 5) is 0. The lowest BCUT2D eigenvalue weighted by Crippen LogP contribution is -1.94. The lowest BCUT2D eigenvalue weighted by atomic mass is 9.98. The van der Waals surface area contributed by atoms with Crippen molar-refractivity contribution >= 4 is 81.8 Å². The molecule has 45 heavy (non-hydrogen) atoms. The molecule has 0 aliphatic heterocycles. The fourth-order valence-electron chi connectivity index (χ4n) is 8.01. The Kier molecular flexibility index (Phi) is 4.32. The van der Waals surface area contributed by atoms with Gasteiger partial charge in [0, 0.05) is 43.1 Å². The van der Waals surface area contributed by atoms with Crippen molar-refractivity contribution in [2.75, 3.05) is 0 Å². The summed E-state index contributed by atoms with van der Waals surface area (Å²) < 4.78 is 11.5. The van der Waals surface area contributed by atoms with Crippen LogP contribution in [0, 0.1) is 0 Å². The second-order valence-electron chi connectivity index (χ2n) is 12.1. The molecule has 11 aromatic rings. The Hall–Kier alpha value is -6.06. The normalized spacial score (nSPS) is 12.4. The van der Waals surface area contributed by atoms with Crippen molar-refractivity contribution in [3.63, 3.8) is 0 Å². The van der Waals surface area contributed by atoms with Crippen LogP contribution in [0.15, 0.2) is 150 Å². The van der Waals surface area contributed by atoms with Gasteiger partial charge in [-0.3, -0.25) is 0 Å². The van der Waals surface area contributed by atoms with Crippen LogP contribution in [0.25, 0.3) is 98.7 Å². The van der Waals surface area contributed by atoms with Gasteiger partial charge in [-0.15, -0.1) is 0 Å². The van der Waals surface area contributed by atoms with Gasteiger partial charge in [0.05, 0.1) is 33.3 Å². The summed E-state index contributed by atoms with van der Waals surface area (Å²) in [5, 5.41) is 9.95. The molecule has 0 unspecified atom stereocenters. The number of rotatable bonds is 2. The van der Waals surface area contributed by atoms with E-state index in [4.69, 9.17) is 4.42 Å². The Bertz CT molecular complexity index is 2970. The predicted molar refractivity (Wildman–Crippen MR) is 188 cm³/mol. The van der Waals surface area contributed by atoms with Crippen molar-refractivity contribution in [2.24, 2.45) is 0 Å². The minimum absolute atomic E-state index is 0.910. The maximum atomic E-state index is 6.57. The average molecular weight is 573 g/mol. The van der Waals surface area contributed by atoms with E-state index in [0.717, 1.165) is 27.6 Å². The summed E-state index contributed by atoms with van der Waals surface area (Å²) >= 11 is 0. The van der Waals surface area contributed by atoms with E-state index in [-0.39, 0.29) is 0 Å². The highest BCUT2D eigenvalue weighted by atomic mass is 16.3. The molecule has 4 aromatic heterocycles. The van der Waals surface area contributed by atoms with E-state index in [1.54, 1.807) is 0 Å². The molecule has 0 atom stereocenters. The molecular formula is C42H24N2O. The smallest absolute Gasteiger partial charge is 0.159 e. The summed E-state index contributed by atoms with van der Waals surface area (Å²) in [5.74, 6) is 0. The maximum absolute atomic E-state index is 6.57. The van der Waals surface area contributed by atoms with Gasteiger partial charge in [0.25, 0.3) is 0 Å². The summed E-state index contributed by atoms with van der Waals surface area (Å²) in [6.45, 7) is 0. The van der Waals surface area contributed by atoms with Crippen molar-refractivity contribution < 1.29 is 4.42 Å². The zero-order valence-corrected chi connectivity index (χ0v) is 24.2. The number of benzene rings is 7. The highest BCUT2D eigenvalue weighted by Crippen LogP contribution is 2.47. The number of para-hydroxylation sites is 4. The number of fused-ring (bicyclic) bond motifs is 13. The van der Waals surface area contributed by atoms with E-state index in [2.05, 4.69) is 148 Å². The monoisotopic (exact) mass is 572 g/mol. The fraction of sp³-hybridized carbons (Fsp3) is 0. The van der Waals surface area contributed by atoms with E-state index in [0.29, 0.717) is 0 Å². The molecule has 0 saturated heterocycles. The van der Waals surface area contributed by atoms with Crippen molar-refractivity contribution in [3.8, 4) is 16.8 Å². The average Bonchev–Trinajstić information content (AvgIpc) is 3.83. The lowest BCUT2D eigenvalue weighted by molar-refractivity contribution is 0.666. The first-order valence-corrected chi connectivity index (χ1v) is 15.5. The highest BCUT2D eigenvalue weighted by Gasteiger charge is 2.24. The highest BCUT2D eigenvalue weighted by molar-refractivity contribution is 6.33. The summed E-state index contributed by atoms with van der Waals surface area (Å²) in [7, 11) is 0. The Morgan fingerprint density at radius 1 is 0.400 bits per heavy atom. The topological polar surface area (TPSA) is 22.5 Å². The van der Waals surface area contributed by atoms with Gasteiger partial charge in [0.2, 0.25) is 0 Å². The second kappa shape index (κ2) is 8.31. The lowest BCUT2D eigenvalue weighted by Gasteiger charge is -2.09. The Morgan fingerprint density at radius 3 is 1.96 bits per heavy atom. The quantitative estimate of drug-likeness (QED) is 0.202. The van der Waals surface area contributed by atoms with Gasteiger partial charge in [0.15, 0.2) is 5.58 Å². The van der Waals surface area contributed by atoms with E-state index < -0.39 is 0 Å². The van der Waals surface area contributed by atoms with Crippen molar-refractivity contribution in [1.29, 1.82) is 0 Å². The number of hydrogen-bond acceptors (Lipinski definition) is 1. The van der Waals surface area contributed by atoms with Gasteiger partial charge in [-0.25, -0.2) is 0 Å². The molecule has 11 rings (SSSR count). The zero-order chi connectivity index (χ0) is 29.2. The molecule has 0 spiro atoms. The van der Waals surface area contributed by atoms with Crippen LogP contribution < -0.4 is 0 Å². The third-order valence-corrected chi connectivity index (χ3v) is 9.83. The molecule has 0 aliphatic rings. The Labute approximate surface area is 257 Å². The second-order valence-corrected chi connectivity index (χ2v) is 12.1. The summed E-state index contributed by atoms with van der Waals surface area (Å²) in [5.41, 5.74) is 11.5. The molecule has 0 amide bonds. The largest absolute Gasteiger partial charge is 0.454 e. The first-order valence-electron chi connectivity index (χ1n) is 15.5. The van der Waals surface area contributed by atoms with Gasteiger partial charge in [-0.1, -0.05) is 97.1 Å². The SMILES string of the molecule is c1ccc(-c2cc3c4ccccc4n4c5ccc6c(c7ccccc7n6-c6cccc7c6oc6ccccc67)c5c(c2)c34)cc1. The molecule has 0 fully saturated rings. The molecule has 3 nitrogen and oxygen atoms in total. The van der Waals surface area contributed by atoms with E-state index in [1.165, 1.54) is 71.0 Å². The molecular weight excluding hydrogens is 548 g/mol. The molecule has 4 heterocycles. The van der Waals surface area contributed by atoms with Crippen LogP contribution in [0.2, 0.25) is 0 Å². The van der Waals surface area contributed by atoms with Crippen LogP contribution in [-0.2, 0) is 0 Å². The van der Waals surface area contributed by atoms with Crippen molar-refractivity contribution in [2.45, 2.75) is 0 Å². The molecule has 0 saturated carbocycles. The summed E-state index contributed by atoms with van der Waals surface area (Å²) in [6.07, 6.45) is 0. The summed E-state index contributed by atoms with van der Waals surface area (Å²) in [6, 6.07) is 52.6.